The van der Waals surface area contributed by atoms with Crippen molar-refractivity contribution in [1.29, 1.82) is 5.26 Å². The second-order valence-electron chi connectivity index (χ2n) is 5.21. The lowest BCUT2D eigenvalue weighted by Gasteiger charge is -2.37. The second kappa shape index (κ2) is 5.68. The van der Waals surface area contributed by atoms with Crippen molar-refractivity contribution in [2.75, 3.05) is 11.4 Å². The first-order valence-corrected chi connectivity index (χ1v) is 7.10. The topological polar surface area (TPSA) is 52.8 Å². The van der Waals surface area contributed by atoms with Crippen molar-refractivity contribution >= 4 is 5.82 Å². The number of nitrogens with zero attached hydrogens (tertiary/aromatic N) is 4. The first-order chi connectivity index (χ1) is 10.6. The molecule has 1 unspecified atom stereocenters. The summed E-state index contributed by atoms with van der Waals surface area (Å²) in [5.41, 5.74) is 1.84. The van der Waals surface area contributed by atoms with Crippen LogP contribution >= 0.6 is 0 Å². The Balaban J connectivity index is 2.04. The van der Waals surface area contributed by atoms with Crippen molar-refractivity contribution in [3.63, 3.8) is 0 Å². The molecule has 1 aromatic heterocycles. The van der Waals surface area contributed by atoms with Crippen LogP contribution in [0.2, 0.25) is 0 Å². The number of anilines is 1. The van der Waals surface area contributed by atoms with E-state index in [-0.39, 0.29) is 11.7 Å². The zero-order chi connectivity index (χ0) is 15.7. The van der Waals surface area contributed by atoms with Gasteiger partial charge in [0.2, 0.25) is 0 Å². The van der Waals surface area contributed by atoms with Crippen LogP contribution in [0, 0.1) is 23.0 Å². The van der Waals surface area contributed by atoms with Gasteiger partial charge in [-0.1, -0.05) is 6.92 Å². The lowest BCUT2D eigenvalue weighted by molar-refractivity contribution is 0.492. The third-order valence-corrected chi connectivity index (χ3v) is 3.96. The zero-order valence-electron chi connectivity index (χ0n) is 12.1. The molecule has 0 aliphatic carbocycles. The van der Waals surface area contributed by atoms with Crippen LogP contribution in [-0.4, -0.2) is 16.5 Å². The molecule has 6 heteroatoms. The summed E-state index contributed by atoms with van der Waals surface area (Å²) in [6.45, 7) is 2.61. The van der Waals surface area contributed by atoms with Crippen LogP contribution < -0.4 is 4.90 Å². The molecule has 0 amide bonds. The van der Waals surface area contributed by atoms with Gasteiger partial charge >= 0.3 is 0 Å². The summed E-state index contributed by atoms with van der Waals surface area (Å²) in [4.78, 5) is 10.3. The molecule has 0 fully saturated rings. The van der Waals surface area contributed by atoms with E-state index >= 15 is 0 Å². The van der Waals surface area contributed by atoms with Crippen molar-refractivity contribution < 1.29 is 8.78 Å². The molecule has 112 valence electrons. The number of aromatic nitrogens is 2. The Morgan fingerprint density at radius 3 is 2.82 bits per heavy atom. The fourth-order valence-electron chi connectivity index (χ4n) is 2.96. The van der Waals surface area contributed by atoms with Gasteiger partial charge < -0.3 is 4.90 Å². The Hall–Kier alpha value is -2.55. The van der Waals surface area contributed by atoms with Gasteiger partial charge in [-0.3, -0.25) is 4.98 Å². The largest absolute Gasteiger partial charge is 0.348 e. The lowest BCUT2D eigenvalue weighted by Crippen LogP contribution is -2.36. The van der Waals surface area contributed by atoms with E-state index in [1.807, 2.05) is 17.9 Å². The summed E-state index contributed by atoms with van der Waals surface area (Å²) >= 11 is 0. The van der Waals surface area contributed by atoms with Crippen molar-refractivity contribution in [3.05, 3.63) is 53.0 Å². The zero-order valence-corrected chi connectivity index (χ0v) is 12.1. The van der Waals surface area contributed by atoms with Gasteiger partial charge in [0.05, 0.1) is 18.4 Å². The Morgan fingerprint density at radius 2 is 2.09 bits per heavy atom. The second-order valence-corrected chi connectivity index (χ2v) is 5.21. The smallest absolute Gasteiger partial charge is 0.161 e. The number of rotatable bonds is 2. The van der Waals surface area contributed by atoms with Crippen LogP contribution in [0.3, 0.4) is 0 Å². The molecule has 2 aromatic rings. The highest BCUT2D eigenvalue weighted by molar-refractivity contribution is 5.47. The first kappa shape index (κ1) is 14.4. The van der Waals surface area contributed by atoms with Gasteiger partial charge in [-0.05, 0) is 36.1 Å². The monoisotopic (exact) mass is 300 g/mol. The Kier molecular flexibility index (Phi) is 3.72. The predicted molar refractivity (Wildman–Crippen MR) is 77.2 cm³/mol. The maximum Gasteiger partial charge on any atom is 0.161 e. The summed E-state index contributed by atoms with van der Waals surface area (Å²) in [5.74, 6) is -1.06. The number of fused-ring (bicyclic) bond motifs is 1. The van der Waals surface area contributed by atoms with Crippen molar-refractivity contribution in [1.82, 2.24) is 9.97 Å². The Bertz CT molecular complexity index is 754. The molecule has 4 nitrogen and oxygen atoms in total. The van der Waals surface area contributed by atoms with Crippen molar-refractivity contribution in [2.24, 2.45) is 0 Å². The van der Waals surface area contributed by atoms with E-state index in [2.05, 4.69) is 9.97 Å². The number of hydrogen-bond donors (Lipinski definition) is 0. The highest BCUT2D eigenvalue weighted by Crippen LogP contribution is 2.35. The maximum atomic E-state index is 13.6. The SMILES string of the molecule is CCC1c2cc(F)c(F)cc2CCN1c1cncc(C#N)n1. The minimum Gasteiger partial charge on any atom is -0.348 e. The molecule has 0 saturated carbocycles. The average molecular weight is 300 g/mol. The van der Waals surface area contributed by atoms with E-state index in [9.17, 15) is 8.78 Å². The van der Waals surface area contributed by atoms with Crippen LogP contribution in [0.1, 0.15) is 36.2 Å². The molecule has 0 saturated heterocycles. The van der Waals surface area contributed by atoms with E-state index in [1.54, 1.807) is 6.20 Å². The standard InChI is InChI=1S/C16H14F2N4/c1-2-15-12-6-14(18)13(17)5-10(12)3-4-22(15)16-9-20-8-11(7-19)21-16/h5-6,8-9,15H,2-4H2,1H3. The molecule has 2 heterocycles. The molecule has 1 aliphatic rings. The van der Waals surface area contributed by atoms with Gasteiger partial charge in [-0.25, -0.2) is 13.8 Å². The summed E-state index contributed by atoms with van der Waals surface area (Å²) in [6.07, 6.45) is 4.31. The fraction of sp³-hybridized carbons (Fsp3) is 0.312. The predicted octanol–water partition coefficient (Wildman–Crippen LogP) is 3.14. The van der Waals surface area contributed by atoms with Crippen molar-refractivity contribution in [2.45, 2.75) is 25.8 Å². The first-order valence-electron chi connectivity index (χ1n) is 7.10. The minimum absolute atomic E-state index is 0.109. The summed E-state index contributed by atoms with van der Waals surface area (Å²) < 4.78 is 27.0. The van der Waals surface area contributed by atoms with E-state index in [1.165, 1.54) is 18.3 Å². The van der Waals surface area contributed by atoms with Crippen LogP contribution in [0.5, 0.6) is 0 Å². The van der Waals surface area contributed by atoms with Gasteiger partial charge in [-0.2, -0.15) is 5.26 Å². The minimum atomic E-state index is -0.837. The van der Waals surface area contributed by atoms with E-state index in [4.69, 9.17) is 5.26 Å². The summed E-state index contributed by atoms with van der Waals surface area (Å²) in [6, 6.07) is 4.41. The lowest BCUT2D eigenvalue weighted by atomic mass is 9.91. The van der Waals surface area contributed by atoms with Crippen molar-refractivity contribution in [3.8, 4) is 6.07 Å². The van der Waals surface area contributed by atoms with E-state index < -0.39 is 11.6 Å². The van der Waals surface area contributed by atoms with Crippen LogP contribution in [-0.2, 0) is 6.42 Å². The van der Waals surface area contributed by atoms with E-state index in [0.29, 0.717) is 18.8 Å². The number of hydrogen-bond acceptors (Lipinski definition) is 4. The van der Waals surface area contributed by atoms with Gasteiger partial charge in [0.15, 0.2) is 17.3 Å². The maximum absolute atomic E-state index is 13.6. The number of halogens is 2. The summed E-state index contributed by atoms with van der Waals surface area (Å²) in [7, 11) is 0. The van der Waals surface area contributed by atoms with Crippen LogP contribution in [0.15, 0.2) is 24.5 Å². The third-order valence-electron chi connectivity index (χ3n) is 3.96. The Labute approximate surface area is 127 Å². The Morgan fingerprint density at radius 1 is 1.32 bits per heavy atom. The van der Waals surface area contributed by atoms with Gasteiger partial charge in [0.1, 0.15) is 11.9 Å². The van der Waals surface area contributed by atoms with Crippen LogP contribution in [0.4, 0.5) is 14.6 Å². The normalized spacial score (nSPS) is 17.0. The molecule has 1 aromatic carbocycles. The fourth-order valence-corrected chi connectivity index (χ4v) is 2.96. The molecule has 1 atom stereocenters. The molecule has 0 N–H and O–H groups in total. The van der Waals surface area contributed by atoms with Gasteiger partial charge in [0.25, 0.3) is 0 Å². The average Bonchev–Trinajstić information content (AvgIpc) is 2.55. The van der Waals surface area contributed by atoms with E-state index in [0.717, 1.165) is 17.5 Å². The number of nitriles is 1. The quantitative estimate of drug-likeness (QED) is 0.855. The molecule has 1 aliphatic heterocycles. The van der Waals surface area contributed by atoms with Gasteiger partial charge in [0, 0.05) is 6.54 Å². The molecule has 0 bridgehead atoms. The highest BCUT2D eigenvalue weighted by Gasteiger charge is 2.28. The molecule has 22 heavy (non-hydrogen) atoms. The molecule has 0 radical (unpaired) electrons. The third kappa shape index (κ3) is 2.39. The number of benzene rings is 1. The molecular weight excluding hydrogens is 286 g/mol. The van der Waals surface area contributed by atoms with Crippen LogP contribution in [0.25, 0.3) is 0 Å². The molecular formula is C16H14F2N4. The van der Waals surface area contributed by atoms with Gasteiger partial charge in [-0.15, -0.1) is 0 Å². The molecule has 0 spiro atoms. The summed E-state index contributed by atoms with van der Waals surface area (Å²) in [5, 5.41) is 8.95. The molecule has 3 rings (SSSR count). The highest BCUT2D eigenvalue weighted by atomic mass is 19.2.